The van der Waals surface area contributed by atoms with Crippen LogP contribution in [-0.4, -0.2) is 21.8 Å². The number of fused-ring (bicyclic) bond motifs is 3. The van der Waals surface area contributed by atoms with Crippen LogP contribution in [0.1, 0.15) is 36.3 Å². The second-order valence-electron chi connectivity index (χ2n) is 6.88. The van der Waals surface area contributed by atoms with Gasteiger partial charge in [-0.3, -0.25) is 0 Å². The molecule has 4 rings (SSSR count). The average Bonchev–Trinajstić information content (AvgIpc) is 3.04. The van der Waals surface area contributed by atoms with E-state index in [1.165, 1.54) is 21.4 Å². The molecule has 0 aliphatic carbocycles. The number of hydrogen-bond acceptors (Lipinski definition) is 6. The van der Waals surface area contributed by atoms with Crippen molar-refractivity contribution in [3.8, 4) is 0 Å². The van der Waals surface area contributed by atoms with E-state index >= 15 is 0 Å². The molecular weight excluding hydrogens is 460 g/mol. The summed E-state index contributed by atoms with van der Waals surface area (Å²) in [5, 5.41) is 3.20. The maximum atomic E-state index is 6.15. The van der Waals surface area contributed by atoms with Crippen molar-refractivity contribution in [2.75, 3.05) is 6.26 Å². The highest BCUT2D eigenvalue weighted by Gasteiger charge is 2.33. The topological polar surface area (TPSA) is 35.0 Å². The van der Waals surface area contributed by atoms with Gasteiger partial charge in [-0.1, -0.05) is 46.7 Å². The van der Waals surface area contributed by atoms with Crippen molar-refractivity contribution >= 4 is 61.0 Å². The zero-order valence-corrected chi connectivity index (χ0v) is 19.6. The third kappa shape index (κ3) is 4.08. The lowest BCUT2D eigenvalue weighted by Crippen LogP contribution is -2.33. The highest BCUT2D eigenvalue weighted by Crippen LogP contribution is 2.43. The van der Waals surface area contributed by atoms with Crippen LogP contribution in [0.5, 0.6) is 0 Å². The Morgan fingerprint density at radius 2 is 2.04 bits per heavy atom. The molecule has 142 valence electrons. The van der Waals surface area contributed by atoms with Gasteiger partial charge in [0.25, 0.3) is 0 Å². The van der Waals surface area contributed by atoms with Crippen LogP contribution in [0.25, 0.3) is 10.2 Å². The number of aromatic nitrogens is 2. The zero-order valence-electron chi connectivity index (χ0n) is 15.5. The van der Waals surface area contributed by atoms with Crippen molar-refractivity contribution in [1.82, 2.24) is 9.97 Å². The van der Waals surface area contributed by atoms with E-state index < -0.39 is 0 Å². The fourth-order valence-corrected chi connectivity index (χ4v) is 6.10. The van der Waals surface area contributed by atoms with E-state index in [2.05, 4.69) is 54.0 Å². The molecule has 0 saturated heterocycles. The molecule has 0 radical (unpaired) electrons. The van der Waals surface area contributed by atoms with Crippen molar-refractivity contribution in [2.45, 2.75) is 54.8 Å². The molecule has 1 aliphatic rings. The average molecular weight is 482 g/mol. The van der Waals surface area contributed by atoms with Gasteiger partial charge >= 0.3 is 0 Å². The Bertz CT molecular complexity index is 974. The van der Waals surface area contributed by atoms with Gasteiger partial charge in [-0.05, 0) is 42.9 Å². The van der Waals surface area contributed by atoms with Gasteiger partial charge in [0.15, 0.2) is 5.16 Å². The van der Waals surface area contributed by atoms with E-state index in [9.17, 15) is 0 Å². The van der Waals surface area contributed by atoms with Gasteiger partial charge < -0.3 is 4.74 Å². The third-order valence-electron chi connectivity index (χ3n) is 5.00. The Balaban J connectivity index is 1.74. The number of hydrogen-bond donors (Lipinski definition) is 0. The predicted octanol–water partition coefficient (Wildman–Crippen LogP) is 6.71. The molecule has 0 spiro atoms. The van der Waals surface area contributed by atoms with Crippen LogP contribution < -0.4 is 0 Å². The standard InChI is InChI=1S/C20H21BrN2OS3/c1-4-20(2)9-14-15(10-24-20)27-18-16(14)17(22-19(23-18)25-3)26-11-12-5-7-13(21)8-6-12/h5-8H,4,9-11H2,1-3H3. The highest BCUT2D eigenvalue weighted by molar-refractivity contribution is 9.10. The maximum Gasteiger partial charge on any atom is 0.189 e. The van der Waals surface area contributed by atoms with E-state index in [1.54, 1.807) is 23.1 Å². The first-order valence-electron chi connectivity index (χ1n) is 8.89. The SMILES string of the molecule is CCC1(C)Cc2c(sc3nc(SC)nc(SCc4ccc(Br)cc4)c23)CO1. The highest BCUT2D eigenvalue weighted by atomic mass is 79.9. The molecule has 3 nitrogen and oxygen atoms in total. The molecule has 2 aromatic heterocycles. The maximum absolute atomic E-state index is 6.15. The number of benzene rings is 1. The molecule has 1 aliphatic heterocycles. The Labute approximate surface area is 180 Å². The van der Waals surface area contributed by atoms with Crippen molar-refractivity contribution in [1.29, 1.82) is 0 Å². The summed E-state index contributed by atoms with van der Waals surface area (Å²) < 4.78 is 7.26. The van der Waals surface area contributed by atoms with Crippen LogP contribution in [-0.2, 0) is 23.5 Å². The molecule has 1 atom stereocenters. The normalized spacial score (nSPS) is 19.4. The molecule has 1 aromatic carbocycles. The molecule has 27 heavy (non-hydrogen) atoms. The Morgan fingerprint density at radius 1 is 1.26 bits per heavy atom. The number of ether oxygens (including phenoxy) is 1. The minimum atomic E-state index is -0.0905. The number of nitrogens with zero attached hydrogens (tertiary/aromatic N) is 2. The summed E-state index contributed by atoms with van der Waals surface area (Å²) in [6.07, 6.45) is 3.98. The second kappa shape index (κ2) is 8.03. The van der Waals surface area contributed by atoms with Crippen LogP contribution >= 0.6 is 50.8 Å². The van der Waals surface area contributed by atoms with Crippen molar-refractivity contribution < 1.29 is 4.74 Å². The van der Waals surface area contributed by atoms with Crippen molar-refractivity contribution in [3.63, 3.8) is 0 Å². The zero-order chi connectivity index (χ0) is 19.0. The molecule has 3 aromatic rings. The van der Waals surface area contributed by atoms with Crippen LogP contribution in [0.2, 0.25) is 0 Å². The Kier molecular flexibility index (Phi) is 5.86. The van der Waals surface area contributed by atoms with Gasteiger partial charge in [-0.2, -0.15) is 0 Å². The second-order valence-corrected chi connectivity index (χ2v) is 10.6. The van der Waals surface area contributed by atoms with Gasteiger partial charge in [0.05, 0.1) is 12.2 Å². The van der Waals surface area contributed by atoms with E-state index in [0.29, 0.717) is 6.61 Å². The Hall–Kier alpha value is -0.600. The molecule has 0 fully saturated rings. The van der Waals surface area contributed by atoms with E-state index in [1.807, 2.05) is 18.0 Å². The van der Waals surface area contributed by atoms with Crippen LogP contribution in [0, 0.1) is 0 Å². The minimum Gasteiger partial charge on any atom is -0.369 e. The predicted molar refractivity (Wildman–Crippen MR) is 120 cm³/mol. The summed E-state index contributed by atoms with van der Waals surface area (Å²) in [7, 11) is 0. The summed E-state index contributed by atoms with van der Waals surface area (Å²) in [5.41, 5.74) is 2.61. The van der Waals surface area contributed by atoms with Gasteiger partial charge in [0, 0.05) is 26.9 Å². The summed E-state index contributed by atoms with van der Waals surface area (Å²) in [6, 6.07) is 8.51. The third-order valence-corrected chi connectivity index (χ3v) is 8.22. The molecular formula is C20H21BrN2OS3. The first-order valence-corrected chi connectivity index (χ1v) is 12.7. The summed E-state index contributed by atoms with van der Waals surface area (Å²) in [5.74, 6) is 0.902. The van der Waals surface area contributed by atoms with E-state index in [0.717, 1.165) is 38.1 Å². The quantitative estimate of drug-likeness (QED) is 0.230. The number of thioether (sulfide) groups is 2. The number of thiophene rings is 1. The van der Waals surface area contributed by atoms with Crippen molar-refractivity contribution in [3.05, 3.63) is 44.7 Å². The summed E-state index contributed by atoms with van der Waals surface area (Å²) >= 11 is 8.69. The minimum absolute atomic E-state index is 0.0905. The lowest BCUT2D eigenvalue weighted by atomic mass is 9.90. The number of rotatable bonds is 5. The largest absolute Gasteiger partial charge is 0.369 e. The van der Waals surface area contributed by atoms with Gasteiger partial charge in [0.1, 0.15) is 9.86 Å². The van der Waals surface area contributed by atoms with Gasteiger partial charge in [-0.25, -0.2) is 9.97 Å². The molecule has 7 heteroatoms. The van der Waals surface area contributed by atoms with Crippen LogP contribution in [0.3, 0.4) is 0 Å². The van der Waals surface area contributed by atoms with Gasteiger partial charge in [0.2, 0.25) is 0 Å². The smallest absolute Gasteiger partial charge is 0.189 e. The molecule has 1 unspecified atom stereocenters. The molecule has 0 saturated carbocycles. The Morgan fingerprint density at radius 3 is 2.74 bits per heavy atom. The van der Waals surface area contributed by atoms with E-state index in [-0.39, 0.29) is 5.60 Å². The summed E-state index contributed by atoms with van der Waals surface area (Å²) in [4.78, 5) is 12.1. The lowest BCUT2D eigenvalue weighted by molar-refractivity contribution is -0.0543. The molecule has 0 amide bonds. The van der Waals surface area contributed by atoms with Crippen molar-refractivity contribution in [2.24, 2.45) is 0 Å². The number of halogens is 1. The van der Waals surface area contributed by atoms with Gasteiger partial charge in [-0.15, -0.1) is 23.1 Å². The first-order chi connectivity index (χ1) is 13.0. The fraction of sp³-hybridized carbons (Fsp3) is 0.400. The molecule has 0 N–H and O–H groups in total. The summed E-state index contributed by atoms with van der Waals surface area (Å²) in [6.45, 7) is 5.10. The first kappa shape index (κ1) is 19.7. The lowest BCUT2D eigenvalue weighted by Gasteiger charge is -2.33. The van der Waals surface area contributed by atoms with Crippen LogP contribution in [0.15, 0.2) is 38.9 Å². The van der Waals surface area contributed by atoms with Crippen LogP contribution in [0.4, 0.5) is 0 Å². The van der Waals surface area contributed by atoms with E-state index in [4.69, 9.17) is 14.7 Å². The molecule has 3 heterocycles. The monoisotopic (exact) mass is 480 g/mol. The molecule has 0 bridgehead atoms. The fourth-order valence-electron chi connectivity index (χ4n) is 3.18.